The van der Waals surface area contributed by atoms with Crippen LogP contribution in [-0.4, -0.2) is 29.6 Å². The van der Waals surface area contributed by atoms with Gasteiger partial charge in [0, 0.05) is 21.4 Å². The number of aliphatic hydroxyl groups excluding tert-OH is 1. The van der Waals surface area contributed by atoms with Crippen molar-refractivity contribution in [1.29, 1.82) is 0 Å². The Hall–Kier alpha value is -1.93. The summed E-state index contributed by atoms with van der Waals surface area (Å²) in [6.07, 6.45) is -0.592. The van der Waals surface area contributed by atoms with Crippen molar-refractivity contribution >= 4 is 40.1 Å². The number of nitrogens with one attached hydrogen (secondary N) is 2. The van der Waals surface area contributed by atoms with Gasteiger partial charge in [0.15, 0.2) is 0 Å². The molecule has 0 spiro atoms. The van der Waals surface area contributed by atoms with Crippen molar-refractivity contribution in [3.63, 3.8) is 0 Å². The molecular formula is C17H17IN2O3. The quantitative estimate of drug-likeness (QED) is 0.646. The lowest BCUT2D eigenvalue weighted by Gasteiger charge is -2.09. The minimum absolute atomic E-state index is 0.193. The molecule has 0 saturated heterocycles. The zero-order valence-electron chi connectivity index (χ0n) is 12.5. The van der Waals surface area contributed by atoms with Crippen LogP contribution in [0.25, 0.3) is 0 Å². The van der Waals surface area contributed by atoms with Crippen LogP contribution in [0, 0.1) is 3.57 Å². The number of aliphatic hydroxyl groups is 1. The number of carbonyl (C=O) groups excluding carboxylic acids is 2. The topological polar surface area (TPSA) is 78.4 Å². The molecule has 23 heavy (non-hydrogen) atoms. The second-order valence-electron chi connectivity index (χ2n) is 5.07. The fraction of sp³-hybridized carbons (Fsp3) is 0.176. The Bertz CT molecular complexity index is 699. The van der Waals surface area contributed by atoms with Gasteiger partial charge in [-0.2, -0.15) is 0 Å². The molecule has 0 radical (unpaired) electrons. The molecule has 0 unspecified atom stereocenters. The van der Waals surface area contributed by atoms with Crippen LogP contribution in [0.3, 0.4) is 0 Å². The number of hydrogen-bond donors (Lipinski definition) is 3. The highest BCUT2D eigenvalue weighted by Gasteiger charge is 2.10. The maximum atomic E-state index is 12.2. The summed E-state index contributed by atoms with van der Waals surface area (Å²) in [6, 6.07) is 13.9. The zero-order chi connectivity index (χ0) is 16.8. The number of halogens is 1. The molecule has 2 aromatic rings. The molecule has 0 fully saturated rings. The van der Waals surface area contributed by atoms with Crippen LogP contribution in [0.4, 0.5) is 5.69 Å². The maximum Gasteiger partial charge on any atom is 0.256 e. The Morgan fingerprint density at radius 3 is 2.35 bits per heavy atom. The summed E-state index contributed by atoms with van der Waals surface area (Å²) >= 11 is 2.11. The minimum atomic E-state index is -0.592. The molecule has 1 atom stereocenters. The predicted octanol–water partition coefficient (Wildman–Crippen LogP) is 2.65. The second-order valence-corrected chi connectivity index (χ2v) is 6.23. The van der Waals surface area contributed by atoms with E-state index < -0.39 is 6.10 Å². The number of hydrogen-bond acceptors (Lipinski definition) is 3. The molecule has 0 heterocycles. The van der Waals surface area contributed by atoms with Crippen molar-refractivity contribution in [3.8, 4) is 0 Å². The van der Waals surface area contributed by atoms with Crippen LogP contribution in [0.1, 0.15) is 27.6 Å². The largest absolute Gasteiger partial charge is 0.392 e. The predicted molar refractivity (Wildman–Crippen MR) is 97.6 cm³/mol. The third-order valence-corrected chi connectivity index (χ3v) is 4.02. The highest BCUT2D eigenvalue weighted by molar-refractivity contribution is 14.1. The molecule has 0 saturated carbocycles. The average Bonchev–Trinajstić information content (AvgIpc) is 2.53. The van der Waals surface area contributed by atoms with Crippen LogP contribution < -0.4 is 10.6 Å². The van der Waals surface area contributed by atoms with Gasteiger partial charge in [0.05, 0.1) is 11.7 Å². The highest BCUT2D eigenvalue weighted by atomic mass is 127. The Balaban J connectivity index is 2.01. The minimum Gasteiger partial charge on any atom is -0.392 e. The number of rotatable bonds is 5. The van der Waals surface area contributed by atoms with E-state index in [-0.39, 0.29) is 18.4 Å². The molecule has 0 bridgehead atoms. The van der Waals surface area contributed by atoms with Crippen molar-refractivity contribution < 1.29 is 14.7 Å². The Morgan fingerprint density at radius 2 is 1.74 bits per heavy atom. The number of amides is 2. The molecule has 0 aliphatic heterocycles. The number of carbonyl (C=O) groups is 2. The molecule has 2 amide bonds. The molecule has 2 aromatic carbocycles. The summed E-state index contributed by atoms with van der Waals surface area (Å²) < 4.78 is 0.872. The van der Waals surface area contributed by atoms with Crippen LogP contribution >= 0.6 is 22.6 Å². The van der Waals surface area contributed by atoms with Crippen molar-refractivity contribution in [2.24, 2.45) is 0 Å². The van der Waals surface area contributed by atoms with E-state index in [0.29, 0.717) is 16.8 Å². The lowest BCUT2D eigenvalue weighted by Crippen LogP contribution is -2.30. The first-order chi connectivity index (χ1) is 11.0. The van der Waals surface area contributed by atoms with E-state index in [1.54, 1.807) is 37.3 Å². The summed E-state index contributed by atoms with van der Waals surface area (Å²) in [5.74, 6) is -0.456. The van der Waals surface area contributed by atoms with E-state index in [1.165, 1.54) is 0 Å². The molecule has 6 heteroatoms. The van der Waals surface area contributed by atoms with Crippen LogP contribution in [0.15, 0.2) is 48.5 Å². The van der Waals surface area contributed by atoms with Crippen LogP contribution in [-0.2, 0) is 0 Å². The van der Waals surface area contributed by atoms with Gasteiger partial charge in [-0.05, 0) is 65.9 Å². The molecular weight excluding hydrogens is 407 g/mol. The van der Waals surface area contributed by atoms with Gasteiger partial charge in [0.1, 0.15) is 0 Å². The molecule has 0 aromatic heterocycles. The first kappa shape index (κ1) is 17.4. The summed E-state index contributed by atoms with van der Waals surface area (Å²) in [6.45, 7) is 1.80. The zero-order valence-corrected chi connectivity index (χ0v) is 14.7. The van der Waals surface area contributed by atoms with E-state index in [4.69, 9.17) is 5.11 Å². The van der Waals surface area contributed by atoms with Crippen molar-refractivity contribution in [2.45, 2.75) is 13.0 Å². The molecule has 0 aliphatic carbocycles. The fourth-order valence-corrected chi connectivity index (χ4v) is 2.52. The fourth-order valence-electron chi connectivity index (χ4n) is 1.89. The summed E-state index contributed by atoms with van der Waals surface area (Å²) in [7, 11) is 0. The number of anilines is 1. The van der Waals surface area contributed by atoms with Gasteiger partial charge in [0.2, 0.25) is 0 Å². The van der Waals surface area contributed by atoms with E-state index in [0.717, 1.165) is 3.57 Å². The summed E-state index contributed by atoms with van der Waals surface area (Å²) in [5, 5.41) is 14.6. The monoisotopic (exact) mass is 424 g/mol. The SMILES string of the molecule is C[C@@H](O)CNC(=O)c1ccc(NC(=O)c2ccccc2I)cc1. The molecule has 3 N–H and O–H groups in total. The van der Waals surface area contributed by atoms with Crippen molar-refractivity contribution in [3.05, 3.63) is 63.2 Å². The third-order valence-electron chi connectivity index (χ3n) is 3.08. The first-order valence-electron chi connectivity index (χ1n) is 7.09. The Labute approximate surface area is 148 Å². The van der Waals surface area contributed by atoms with E-state index in [2.05, 4.69) is 33.2 Å². The van der Waals surface area contributed by atoms with Gasteiger partial charge in [-0.15, -0.1) is 0 Å². The van der Waals surface area contributed by atoms with Gasteiger partial charge in [-0.3, -0.25) is 9.59 Å². The number of benzene rings is 2. The highest BCUT2D eigenvalue weighted by Crippen LogP contribution is 2.15. The normalized spacial score (nSPS) is 11.6. The maximum absolute atomic E-state index is 12.2. The average molecular weight is 424 g/mol. The van der Waals surface area contributed by atoms with E-state index in [1.807, 2.05) is 18.2 Å². The lowest BCUT2D eigenvalue weighted by atomic mass is 10.1. The van der Waals surface area contributed by atoms with Crippen molar-refractivity contribution in [2.75, 3.05) is 11.9 Å². The van der Waals surface area contributed by atoms with Gasteiger partial charge < -0.3 is 15.7 Å². The van der Waals surface area contributed by atoms with Crippen molar-refractivity contribution in [1.82, 2.24) is 5.32 Å². The van der Waals surface area contributed by atoms with Gasteiger partial charge in [-0.25, -0.2) is 0 Å². The van der Waals surface area contributed by atoms with Gasteiger partial charge >= 0.3 is 0 Å². The van der Waals surface area contributed by atoms with E-state index >= 15 is 0 Å². The first-order valence-corrected chi connectivity index (χ1v) is 8.17. The van der Waals surface area contributed by atoms with E-state index in [9.17, 15) is 9.59 Å². The Morgan fingerprint density at radius 1 is 1.09 bits per heavy atom. The van der Waals surface area contributed by atoms with Gasteiger partial charge in [-0.1, -0.05) is 12.1 Å². The second kappa shape index (κ2) is 8.07. The molecule has 0 aliphatic rings. The molecule has 120 valence electrons. The standard InChI is InChI=1S/C17H17IN2O3/c1-11(21)10-19-16(22)12-6-8-13(9-7-12)20-17(23)14-4-2-3-5-15(14)18/h2-9,11,21H,10H2,1H3,(H,19,22)(H,20,23)/t11-/m1/s1. The van der Waals surface area contributed by atoms with Crippen LogP contribution in [0.2, 0.25) is 0 Å². The van der Waals surface area contributed by atoms with Gasteiger partial charge in [0.25, 0.3) is 11.8 Å². The molecule has 5 nitrogen and oxygen atoms in total. The summed E-state index contributed by atoms with van der Waals surface area (Å²) in [5.41, 5.74) is 1.69. The Kier molecular flexibility index (Phi) is 6.12. The smallest absolute Gasteiger partial charge is 0.256 e. The lowest BCUT2D eigenvalue weighted by molar-refractivity contribution is 0.0923. The summed E-state index contributed by atoms with van der Waals surface area (Å²) in [4.78, 5) is 24.0. The molecule has 2 rings (SSSR count). The third kappa shape index (κ3) is 5.04. The van der Waals surface area contributed by atoms with Crippen LogP contribution in [0.5, 0.6) is 0 Å².